The molecule has 1 atom stereocenters. The minimum atomic E-state index is 0.0651. The Morgan fingerprint density at radius 1 is 1.26 bits per heavy atom. The molecule has 0 amide bonds. The van der Waals surface area contributed by atoms with Gasteiger partial charge in [-0.25, -0.2) is 4.98 Å². The number of ether oxygens (including phenoxy) is 1. The highest BCUT2D eigenvalue weighted by atomic mass is 35.5. The molecule has 6 heteroatoms. The Hall–Kier alpha value is -1.53. The molecular formula is C17H16ClN3OS. The first-order chi connectivity index (χ1) is 11.3. The normalized spacial score (nSPS) is 19.3. The van der Waals surface area contributed by atoms with Crippen molar-refractivity contribution >= 4 is 33.8 Å². The Kier molecular flexibility index (Phi) is 4.27. The smallest absolute Gasteiger partial charge is 0.123 e. The number of aromatic nitrogens is 2. The maximum Gasteiger partial charge on any atom is 0.123 e. The summed E-state index contributed by atoms with van der Waals surface area (Å²) in [6.45, 7) is 3.34. The van der Waals surface area contributed by atoms with Crippen LogP contribution in [0.5, 0.6) is 0 Å². The lowest BCUT2D eigenvalue weighted by atomic mass is 10.1. The number of benzene rings is 1. The van der Waals surface area contributed by atoms with Gasteiger partial charge in [0.1, 0.15) is 11.1 Å². The molecule has 1 saturated heterocycles. The van der Waals surface area contributed by atoms with Gasteiger partial charge in [-0.2, -0.15) is 0 Å². The van der Waals surface area contributed by atoms with E-state index in [2.05, 4.69) is 20.9 Å². The van der Waals surface area contributed by atoms with Crippen LogP contribution in [0, 0.1) is 0 Å². The molecule has 0 N–H and O–H groups in total. The average Bonchev–Trinajstić information content (AvgIpc) is 3.13. The maximum absolute atomic E-state index is 6.28. The van der Waals surface area contributed by atoms with E-state index >= 15 is 0 Å². The van der Waals surface area contributed by atoms with Crippen LogP contribution in [0.2, 0.25) is 5.02 Å². The molecule has 1 aliphatic rings. The summed E-state index contributed by atoms with van der Waals surface area (Å²) in [4.78, 5) is 11.3. The maximum atomic E-state index is 6.28. The van der Waals surface area contributed by atoms with Gasteiger partial charge in [0.05, 0.1) is 12.1 Å². The van der Waals surface area contributed by atoms with Gasteiger partial charge in [0.2, 0.25) is 0 Å². The zero-order valence-corrected chi connectivity index (χ0v) is 14.1. The number of halogens is 1. The molecule has 0 spiro atoms. The molecule has 1 fully saturated rings. The van der Waals surface area contributed by atoms with Gasteiger partial charge in [-0.1, -0.05) is 17.7 Å². The highest BCUT2D eigenvalue weighted by Crippen LogP contribution is 2.28. The lowest BCUT2D eigenvalue weighted by molar-refractivity contribution is -0.0328. The van der Waals surface area contributed by atoms with Crippen LogP contribution in [0.4, 0.5) is 0 Å². The lowest BCUT2D eigenvalue weighted by Gasteiger charge is -2.32. The molecule has 0 radical (unpaired) electrons. The van der Waals surface area contributed by atoms with E-state index in [4.69, 9.17) is 16.3 Å². The quantitative estimate of drug-likeness (QED) is 0.721. The van der Waals surface area contributed by atoms with Crippen LogP contribution >= 0.6 is 22.9 Å². The Bertz CT molecular complexity index is 809. The van der Waals surface area contributed by atoms with Gasteiger partial charge in [0.15, 0.2) is 0 Å². The van der Waals surface area contributed by atoms with E-state index in [0.29, 0.717) is 0 Å². The van der Waals surface area contributed by atoms with Crippen molar-refractivity contribution in [3.63, 3.8) is 0 Å². The molecule has 1 aromatic carbocycles. The van der Waals surface area contributed by atoms with E-state index in [9.17, 15) is 0 Å². The third-order valence-electron chi connectivity index (χ3n) is 4.07. The van der Waals surface area contributed by atoms with E-state index in [-0.39, 0.29) is 6.10 Å². The second-order valence-electron chi connectivity index (χ2n) is 5.57. The summed E-state index contributed by atoms with van der Waals surface area (Å²) < 4.78 is 5.87. The molecule has 118 valence electrons. The molecule has 4 rings (SSSR count). The average molecular weight is 346 g/mol. The number of rotatable bonds is 3. The van der Waals surface area contributed by atoms with E-state index < -0.39 is 0 Å². The predicted octanol–water partition coefficient (Wildman–Crippen LogP) is 3.92. The number of morpholine rings is 1. The summed E-state index contributed by atoms with van der Waals surface area (Å²) >= 11 is 7.93. The fourth-order valence-electron chi connectivity index (χ4n) is 2.95. The molecule has 4 nitrogen and oxygen atoms in total. The molecule has 1 aliphatic heterocycles. The number of hydrogen-bond acceptors (Lipinski definition) is 5. The molecular weight excluding hydrogens is 330 g/mol. The standard InChI is InChI=1S/C17H16ClN3OS/c18-14-4-3-12(16-13(14)2-1-5-19-16)10-21-7-8-22-15(11-21)17-20-6-9-23-17/h1-6,9,15H,7-8,10-11H2/t15-/m1/s1. The van der Waals surface area contributed by atoms with Crippen molar-refractivity contribution in [3.05, 3.63) is 57.6 Å². The number of fused-ring (bicyclic) bond motifs is 1. The minimum Gasteiger partial charge on any atom is -0.368 e. The summed E-state index contributed by atoms with van der Waals surface area (Å²) in [7, 11) is 0. The van der Waals surface area contributed by atoms with Crippen molar-refractivity contribution < 1.29 is 4.74 Å². The second kappa shape index (κ2) is 6.53. The molecule has 0 aliphatic carbocycles. The SMILES string of the molecule is Clc1ccc(CN2CCO[C@@H](c3nccs3)C2)c2ncccc12. The topological polar surface area (TPSA) is 38.2 Å². The van der Waals surface area contributed by atoms with Gasteiger partial charge >= 0.3 is 0 Å². The van der Waals surface area contributed by atoms with Crippen LogP contribution < -0.4 is 0 Å². The van der Waals surface area contributed by atoms with Crippen LogP contribution in [0.1, 0.15) is 16.7 Å². The largest absolute Gasteiger partial charge is 0.368 e. The fraction of sp³-hybridized carbons (Fsp3) is 0.294. The van der Waals surface area contributed by atoms with Crippen molar-refractivity contribution in [1.29, 1.82) is 0 Å². The fourth-order valence-corrected chi connectivity index (χ4v) is 3.85. The summed E-state index contributed by atoms with van der Waals surface area (Å²) in [6.07, 6.45) is 3.72. The van der Waals surface area contributed by atoms with Crippen LogP contribution in [0.3, 0.4) is 0 Å². The van der Waals surface area contributed by atoms with Crippen molar-refractivity contribution in [1.82, 2.24) is 14.9 Å². The third-order valence-corrected chi connectivity index (χ3v) is 5.27. The highest BCUT2D eigenvalue weighted by molar-refractivity contribution is 7.09. The zero-order valence-electron chi connectivity index (χ0n) is 12.5. The molecule has 0 bridgehead atoms. The van der Waals surface area contributed by atoms with Crippen molar-refractivity contribution in [2.75, 3.05) is 19.7 Å². The molecule has 23 heavy (non-hydrogen) atoms. The van der Waals surface area contributed by atoms with Gasteiger partial charge in [0.25, 0.3) is 0 Å². The first-order valence-electron chi connectivity index (χ1n) is 7.57. The summed E-state index contributed by atoms with van der Waals surface area (Å²) in [5.41, 5.74) is 2.18. The minimum absolute atomic E-state index is 0.0651. The van der Waals surface area contributed by atoms with Gasteiger partial charge in [-0.3, -0.25) is 9.88 Å². The van der Waals surface area contributed by atoms with E-state index in [0.717, 1.165) is 47.2 Å². The van der Waals surface area contributed by atoms with Crippen molar-refractivity contribution in [3.8, 4) is 0 Å². The zero-order chi connectivity index (χ0) is 15.6. The van der Waals surface area contributed by atoms with Crippen LogP contribution in [-0.2, 0) is 11.3 Å². The first kappa shape index (κ1) is 15.0. The Morgan fingerprint density at radius 2 is 2.22 bits per heavy atom. The Balaban J connectivity index is 1.57. The van der Waals surface area contributed by atoms with Crippen LogP contribution in [0.25, 0.3) is 10.9 Å². The van der Waals surface area contributed by atoms with E-state index in [1.54, 1.807) is 11.3 Å². The van der Waals surface area contributed by atoms with E-state index in [1.807, 2.05) is 36.0 Å². The summed E-state index contributed by atoms with van der Waals surface area (Å²) in [6, 6.07) is 7.97. The second-order valence-corrected chi connectivity index (χ2v) is 6.90. The number of nitrogens with zero attached hydrogens (tertiary/aromatic N) is 3. The molecule has 0 saturated carbocycles. The molecule has 2 aromatic heterocycles. The number of hydrogen-bond donors (Lipinski definition) is 0. The van der Waals surface area contributed by atoms with Crippen LogP contribution in [-0.4, -0.2) is 34.6 Å². The predicted molar refractivity (Wildman–Crippen MR) is 92.8 cm³/mol. The Morgan fingerprint density at radius 3 is 3.09 bits per heavy atom. The van der Waals surface area contributed by atoms with Crippen molar-refractivity contribution in [2.45, 2.75) is 12.6 Å². The van der Waals surface area contributed by atoms with Gasteiger partial charge < -0.3 is 4.74 Å². The third kappa shape index (κ3) is 3.10. The molecule has 3 aromatic rings. The number of pyridine rings is 1. The Labute approximate surface area is 143 Å². The lowest BCUT2D eigenvalue weighted by Crippen LogP contribution is -2.37. The van der Waals surface area contributed by atoms with E-state index in [1.165, 1.54) is 5.56 Å². The van der Waals surface area contributed by atoms with Crippen LogP contribution in [0.15, 0.2) is 42.0 Å². The monoisotopic (exact) mass is 345 g/mol. The van der Waals surface area contributed by atoms with Gasteiger partial charge in [-0.15, -0.1) is 11.3 Å². The summed E-state index contributed by atoms with van der Waals surface area (Å²) in [5.74, 6) is 0. The summed E-state index contributed by atoms with van der Waals surface area (Å²) in [5, 5.41) is 4.80. The molecule has 3 heterocycles. The molecule has 0 unspecified atom stereocenters. The van der Waals surface area contributed by atoms with Gasteiger partial charge in [0, 0.05) is 47.8 Å². The van der Waals surface area contributed by atoms with Gasteiger partial charge in [-0.05, 0) is 23.8 Å². The highest BCUT2D eigenvalue weighted by Gasteiger charge is 2.24. The first-order valence-corrected chi connectivity index (χ1v) is 8.82. The number of thiazole rings is 1. The van der Waals surface area contributed by atoms with Crippen molar-refractivity contribution in [2.24, 2.45) is 0 Å².